The van der Waals surface area contributed by atoms with Crippen molar-refractivity contribution in [3.8, 4) is 5.75 Å². The maximum absolute atomic E-state index is 12.4. The topological polar surface area (TPSA) is 60.3 Å². The van der Waals surface area contributed by atoms with Crippen LogP contribution in [0.1, 0.15) is 19.4 Å². The molecule has 1 heterocycles. The van der Waals surface area contributed by atoms with Gasteiger partial charge in [0.25, 0.3) is 0 Å². The minimum absolute atomic E-state index is 0.286. The van der Waals surface area contributed by atoms with Gasteiger partial charge in [-0.25, -0.2) is 13.1 Å². The van der Waals surface area contributed by atoms with E-state index in [1.165, 1.54) is 0 Å². The molecule has 144 valence electrons. The van der Waals surface area contributed by atoms with Gasteiger partial charge in [0.05, 0.1) is 12.0 Å². The van der Waals surface area contributed by atoms with Gasteiger partial charge in [-0.15, -0.1) is 0 Å². The van der Waals surface area contributed by atoms with Crippen LogP contribution in [-0.2, 0) is 23.0 Å². The second kappa shape index (κ2) is 8.15. The van der Waals surface area contributed by atoms with Crippen LogP contribution in [-0.4, -0.2) is 26.6 Å². The van der Waals surface area contributed by atoms with Crippen LogP contribution in [0.15, 0.2) is 59.6 Å². The SMILES string of the molecule is COc1ccc2c(c1)c(CCNS(=O)(=O)c1ccccc1)cn2CC(C)C. The lowest BCUT2D eigenvalue weighted by Crippen LogP contribution is -2.25. The van der Waals surface area contributed by atoms with Crippen LogP contribution in [0.5, 0.6) is 5.75 Å². The number of hydrogen-bond donors (Lipinski definition) is 1. The predicted octanol–water partition coefficient (Wildman–Crippen LogP) is 3.83. The van der Waals surface area contributed by atoms with Crippen molar-refractivity contribution < 1.29 is 13.2 Å². The maximum atomic E-state index is 12.4. The molecule has 0 radical (unpaired) electrons. The summed E-state index contributed by atoms with van der Waals surface area (Å²) in [6.45, 7) is 5.62. The monoisotopic (exact) mass is 386 g/mol. The zero-order valence-corrected chi connectivity index (χ0v) is 16.8. The summed E-state index contributed by atoms with van der Waals surface area (Å²) in [7, 11) is -1.84. The minimum Gasteiger partial charge on any atom is -0.497 e. The first-order chi connectivity index (χ1) is 12.9. The van der Waals surface area contributed by atoms with Gasteiger partial charge in [0, 0.05) is 30.2 Å². The molecule has 3 rings (SSSR count). The number of sulfonamides is 1. The number of methoxy groups -OCH3 is 1. The molecule has 3 aromatic rings. The zero-order valence-electron chi connectivity index (χ0n) is 16.0. The number of aromatic nitrogens is 1. The summed E-state index contributed by atoms with van der Waals surface area (Å²) in [4.78, 5) is 0.286. The Kier molecular flexibility index (Phi) is 5.87. The van der Waals surface area contributed by atoms with Crippen molar-refractivity contribution in [2.45, 2.75) is 31.7 Å². The summed E-state index contributed by atoms with van der Waals surface area (Å²) < 4.78 is 35.1. The molecule has 0 saturated heterocycles. The van der Waals surface area contributed by atoms with Crippen molar-refractivity contribution in [1.29, 1.82) is 0 Å². The predicted molar refractivity (Wildman–Crippen MR) is 109 cm³/mol. The second-order valence-electron chi connectivity index (χ2n) is 7.04. The third-order valence-electron chi connectivity index (χ3n) is 4.47. The van der Waals surface area contributed by atoms with Gasteiger partial charge in [0.2, 0.25) is 10.0 Å². The number of fused-ring (bicyclic) bond motifs is 1. The van der Waals surface area contributed by atoms with Gasteiger partial charge in [-0.1, -0.05) is 32.0 Å². The van der Waals surface area contributed by atoms with Crippen molar-refractivity contribution in [3.63, 3.8) is 0 Å². The van der Waals surface area contributed by atoms with Crippen molar-refractivity contribution in [2.75, 3.05) is 13.7 Å². The minimum atomic E-state index is -3.49. The van der Waals surface area contributed by atoms with Crippen LogP contribution in [0.2, 0.25) is 0 Å². The number of hydrogen-bond acceptors (Lipinski definition) is 3. The third-order valence-corrected chi connectivity index (χ3v) is 5.95. The number of rotatable bonds is 8. The molecule has 6 heteroatoms. The Hall–Kier alpha value is -2.31. The van der Waals surface area contributed by atoms with E-state index in [2.05, 4.69) is 35.4 Å². The highest BCUT2D eigenvalue weighted by Gasteiger charge is 2.15. The Morgan fingerprint density at radius 2 is 1.85 bits per heavy atom. The molecule has 2 aromatic carbocycles. The summed E-state index contributed by atoms with van der Waals surface area (Å²) >= 11 is 0. The first-order valence-electron chi connectivity index (χ1n) is 9.11. The Morgan fingerprint density at radius 3 is 2.52 bits per heavy atom. The molecular weight excluding hydrogens is 360 g/mol. The molecule has 1 aromatic heterocycles. The van der Waals surface area contributed by atoms with Crippen LogP contribution in [0, 0.1) is 5.92 Å². The second-order valence-corrected chi connectivity index (χ2v) is 8.81. The summed E-state index contributed by atoms with van der Waals surface area (Å²) in [6.07, 6.45) is 2.74. The number of nitrogens with zero attached hydrogens (tertiary/aromatic N) is 1. The van der Waals surface area contributed by atoms with Crippen LogP contribution < -0.4 is 9.46 Å². The Bertz CT molecular complexity index is 1010. The Labute approximate surface area is 161 Å². The van der Waals surface area contributed by atoms with E-state index in [1.54, 1.807) is 37.4 Å². The summed E-state index contributed by atoms with van der Waals surface area (Å²) in [6, 6.07) is 14.5. The van der Waals surface area contributed by atoms with Gasteiger partial charge in [-0.3, -0.25) is 0 Å². The standard InChI is InChI=1S/C21H26N2O3S/c1-16(2)14-23-15-17(20-13-18(26-3)9-10-21(20)23)11-12-22-27(24,25)19-7-5-4-6-8-19/h4-10,13,15-16,22H,11-12,14H2,1-3H3. The Balaban J connectivity index is 1.81. The van der Waals surface area contributed by atoms with E-state index in [9.17, 15) is 8.42 Å². The largest absolute Gasteiger partial charge is 0.497 e. The normalized spacial score (nSPS) is 12.0. The van der Waals surface area contributed by atoms with Crippen LogP contribution in [0.3, 0.4) is 0 Å². The lowest BCUT2D eigenvalue weighted by atomic mass is 10.1. The lowest BCUT2D eigenvalue weighted by Gasteiger charge is -2.08. The quantitative estimate of drug-likeness (QED) is 0.640. The number of benzene rings is 2. The summed E-state index contributed by atoms with van der Waals surface area (Å²) in [5.41, 5.74) is 2.26. The highest BCUT2D eigenvalue weighted by atomic mass is 32.2. The zero-order chi connectivity index (χ0) is 19.4. The Morgan fingerprint density at radius 1 is 1.11 bits per heavy atom. The van der Waals surface area contributed by atoms with Gasteiger partial charge in [0.1, 0.15) is 5.75 Å². The molecule has 1 N–H and O–H groups in total. The van der Waals surface area contributed by atoms with E-state index >= 15 is 0 Å². The summed E-state index contributed by atoms with van der Waals surface area (Å²) in [5.74, 6) is 1.32. The van der Waals surface area contributed by atoms with Crippen LogP contribution in [0.25, 0.3) is 10.9 Å². The molecule has 5 nitrogen and oxygen atoms in total. The molecule has 0 aliphatic heterocycles. The van der Waals surface area contributed by atoms with E-state index in [0.29, 0.717) is 18.9 Å². The molecule has 0 amide bonds. The smallest absolute Gasteiger partial charge is 0.240 e. The molecule has 27 heavy (non-hydrogen) atoms. The average Bonchev–Trinajstić information content (AvgIpc) is 2.98. The molecule has 0 bridgehead atoms. The van der Waals surface area contributed by atoms with Crippen LogP contribution in [0.4, 0.5) is 0 Å². The fourth-order valence-corrected chi connectivity index (χ4v) is 4.28. The number of nitrogens with one attached hydrogen (secondary N) is 1. The highest BCUT2D eigenvalue weighted by molar-refractivity contribution is 7.89. The molecule has 0 aliphatic carbocycles. The van der Waals surface area contributed by atoms with Crippen LogP contribution >= 0.6 is 0 Å². The van der Waals surface area contributed by atoms with Crippen molar-refractivity contribution in [2.24, 2.45) is 5.92 Å². The van der Waals surface area contributed by atoms with Gasteiger partial charge < -0.3 is 9.30 Å². The molecule has 0 aliphatic rings. The van der Waals surface area contributed by atoms with E-state index in [-0.39, 0.29) is 4.90 Å². The fraction of sp³-hybridized carbons (Fsp3) is 0.333. The molecular formula is C21H26N2O3S. The van der Waals surface area contributed by atoms with E-state index in [0.717, 1.165) is 28.8 Å². The molecule has 0 spiro atoms. The van der Waals surface area contributed by atoms with Crippen molar-refractivity contribution in [1.82, 2.24) is 9.29 Å². The maximum Gasteiger partial charge on any atom is 0.240 e. The van der Waals surface area contributed by atoms with Crippen molar-refractivity contribution in [3.05, 3.63) is 60.3 Å². The fourth-order valence-electron chi connectivity index (χ4n) is 3.22. The molecule has 0 atom stereocenters. The third kappa shape index (κ3) is 4.51. The van der Waals surface area contributed by atoms with Gasteiger partial charge in [-0.05, 0) is 48.2 Å². The highest BCUT2D eigenvalue weighted by Crippen LogP contribution is 2.27. The van der Waals surface area contributed by atoms with Crippen molar-refractivity contribution >= 4 is 20.9 Å². The van der Waals surface area contributed by atoms with E-state index in [4.69, 9.17) is 4.74 Å². The van der Waals surface area contributed by atoms with Gasteiger partial charge in [0.15, 0.2) is 0 Å². The molecule has 0 fully saturated rings. The van der Waals surface area contributed by atoms with E-state index in [1.807, 2.05) is 12.1 Å². The summed E-state index contributed by atoms with van der Waals surface area (Å²) in [5, 5.41) is 1.11. The first-order valence-corrected chi connectivity index (χ1v) is 10.6. The van der Waals surface area contributed by atoms with Gasteiger partial charge >= 0.3 is 0 Å². The average molecular weight is 387 g/mol. The molecule has 0 saturated carbocycles. The lowest BCUT2D eigenvalue weighted by molar-refractivity contribution is 0.415. The first kappa shape index (κ1) is 19.5. The number of ether oxygens (including phenoxy) is 1. The van der Waals surface area contributed by atoms with Gasteiger partial charge in [-0.2, -0.15) is 0 Å². The van der Waals surface area contributed by atoms with E-state index < -0.39 is 10.0 Å². The molecule has 0 unspecified atom stereocenters.